The first kappa shape index (κ1) is 25.7. The SMILES string of the molecule is COC(=O)N1CCC[C@H](c2nn(C3CCCCO3)cc2C#N)[C@@H]1COC1CCC(c2ccccc2)CC1. The van der Waals surface area contributed by atoms with E-state index in [0.29, 0.717) is 31.2 Å². The maximum absolute atomic E-state index is 12.7. The largest absolute Gasteiger partial charge is 0.453 e. The highest BCUT2D eigenvalue weighted by atomic mass is 16.5. The van der Waals surface area contributed by atoms with Gasteiger partial charge >= 0.3 is 6.09 Å². The topological polar surface area (TPSA) is 89.6 Å². The molecule has 8 heteroatoms. The van der Waals surface area contributed by atoms with Crippen LogP contribution in [0.3, 0.4) is 0 Å². The van der Waals surface area contributed by atoms with E-state index in [1.54, 1.807) is 4.90 Å². The first-order valence-electron chi connectivity index (χ1n) is 13.8. The normalized spacial score (nSPS) is 28.4. The summed E-state index contributed by atoms with van der Waals surface area (Å²) < 4.78 is 19.4. The van der Waals surface area contributed by atoms with Gasteiger partial charge in [-0.1, -0.05) is 30.3 Å². The summed E-state index contributed by atoms with van der Waals surface area (Å²) in [6, 6.07) is 12.8. The van der Waals surface area contributed by atoms with E-state index in [-0.39, 0.29) is 30.4 Å². The molecule has 2 aliphatic heterocycles. The molecule has 3 heterocycles. The van der Waals surface area contributed by atoms with Gasteiger partial charge in [0.25, 0.3) is 0 Å². The van der Waals surface area contributed by atoms with Crippen molar-refractivity contribution in [2.75, 3.05) is 26.9 Å². The quantitative estimate of drug-likeness (QED) is 0.513. The van der Waals surface area contributed by atoms with Crippen LogP contribution in [0, 0.1) is 11.3 Å². The standard InChI is InChI=1S/C29H38N4O4/c1-35-29(34)32-16-7-10-25(28-23(18-30)19-33(31-28)27-11-5-6-17-36-27)26(32)20-37-24-14-12-22(13-15-24)21-8-3-2-4-9-21/h2-4,8-9,19,22,24-27H,5-7,10-17,20H2,1H3/t22?,24?,25-,26-,27?/m0/s1. The lowest BCUT2D eigenvalue weighted by Crippen LogP contribution is -2.50. The summed E-state index contributed by atoms with van der Waals surface area (Å²) in [4.78, 5) is 14.5. The fourth-order valence-corrected chi connectivity index (χ4v) is 6.29. The molecule has 198 valence electrons. The van der Waals surface area contributed by atoms with Gasteiger partial charge in [0.15, 0.2) is 0 Å². The molecule has 1 saturated carbocycles. The van der Waals surface area contributed by atoms with Gasteiger partial charge in [-0.05, 0) is 69.3 Å². The highest BCUT2D eigenvalue weighted by Gasteiger charge is 2.39. The van der Waals surface area contributed by atoms with Gasteiger partial charge in [-0.3, -0.25) is 0 Å². The molecule has 2 aromatic rings. The molecule has 1 aromatic heterocycles. The van der Waals surface area contributed by atoms with Gasteiger partial charge < -0.3 is 19.1 Å². The molecule has 0 radical (unpaired) electrons. The number of methoxy groups -OCH3 is 1. The van der Waals surface area contributed by atoms with E-state index in [4.69, 9.17) is 19.3 Å². The van der Waals surface area contributed by atoms with Crippen LogP contribution in [0.15, 0.2) is 36.5 Å². The second-order valence-corrected chi connectivity index (χ2v) is 10.5. The zero-order valence-electron chi connectivity index (χ0n) is 21.8. The third kappa shape index (κ3) is 5.83. The minimum absolute atomic E-state index is 0.0898. The predicted octanol–water partition coefficient (Wildman–Crippen LogP) is 5.51. The third-order valence-corrected chi connectivity index (χ3v) is 8.32. The number of amides is 1. The monoisotopic (exact) mass is 506 g/mol. The summed E-state index contributed by atoms with van der Waals surface area (Å²) in [7, 11) is 1.42. The smallest absolute Gasteiger partial charge is 0.409 e. The minimum atomic E-state index is -0.348. The minimum Gasteiger partial charge on any atom is -0.453 e. The Hall–Kier alpha value is -2.89. The number of hydrogen-bond donors (Lipinski definition) is 0. The number of hydrogen-bond acceptors (Lipinski definition) is 6. The van der Waals surface area contributed by atoms with E-state index >= 15 is 0 Å². The van der Waals surface area contributed by atoms with Crippen LogP contribution in [0.2, 0.25) is 0 Å². The molecule has 0 spiro atoms. The molecule has 1 aliphatic carbocycles. The zero-order chi connectivity index (χ0) is 25.6. The fourth-order valence-electron chi connectivity index (χ4n) is 6.29. The number of likely N-dealkylation sites (tertiary alicyclic amines) is 1. The third-order valence-electron chi connectivity index (χ3n) is 8.32. The molecule has 2 saturated heterocycles. The fraction of sp³-hybridized carbons (Fsp3) is 0.621. The maximum Gasteiger partial charge on any atom is 0.409 e. The Bertz CT molecular complexity index is 1070. The van der Waals surface area contributed by atoms with E-state index < -0.39 is 0 Å². The molecule has 5 rings (SSSR count). The van der Waals surface area contributed by atoms with E-state index in [1.165, 1.54) is 12.7 Å². The zero-order valence-corrected chi connectivity index (χ0v) is 21.8. The molecule has 1 unspecified atom stereocenters. The summed E-state index contributed by atoms with van der Waals surface area (Å²) in [6.45, 7) is 1.74. The second-order valence-electron chi connectivity index (χ2n) is 10.5. The van der Waals surface area contributed by atoms with Crippen molar-refractivity contribution in [3.8, 4) is 6.07 Å². The number of aromatic nitrogens is 2. The van der Waals surface area contributed by atoms with Gasteiger partial charge in [0, 0.05) is 25.3 Å². The lowest BCUT2D eigenvalue weighted by atomic mass is 9.82. The summed E-state index contributed by atoms with van der Waals surface area (Å²) in [5.74, 6) is 0.493. The number of piperidine rings is 1. The first-order valence-corrected chi connectivity index (χ1v) is 13.8. The molecular formula is C29H38N4O4. The maximum atomic E-state index is 12.7. The van der Waals surface area contributed by atoms with Crippen molar-refractivity contribution in [3.05, 3.63) is 53.3 Å². The summed E-state index contributed by atoms with van der Waals surface area (Å²) >= 11 is 0. The van der Waals surface area contributed by atoms with Crippen molar-refractivity contribution in [1.82, 2.24) is 14.7 Å². The van der Waals surface area contributed by atoms with Crippen LogP contribution < -0.4 is 0 Å². The Morgan fingerprint density at radius 3 is 2.62 bits per heavy atom. The Balaban J connectivity index is 1.30. The molecule has 0 bridgehead atoms. The molecule has 8 nitrogen and oxygen atoms in total. The van der Waals surface area contributed by atoms with Crippen molar-refractivity contribution in [2.24, 2.45) is 0 Å². The molecule has 1 aromatic carbocycles. The van der Waals surface area contributed by atoms with E-state index in [9.17, 15) is 10.1 Å². The van der Waals surface area contributed by atoms with Crippen LogP contribution in [0.4, 0.5) is 4.79 Å². The van der Waals surface area contributed by atoms with Gasteiger partial charge in [0.2, 0.25) is 0 Å². The first-order chi connectivity index (χ1) is 18.2. The predicted molar refractivity (Wildman–Crippen MR) is 138 cm³/mol. The average molecular weight is 507 g/mol. The lowest BCUT2D eigenvalue weighted by molar-refractivity contribution is -0.0405. The number of nitrogens with zero attached hydrogens (tertiary/aromatic N) is 4. The van der Waals surface area contributed by atoms with Crippen LogP contribution >= 0.6 is 0 Å². The Labute approximate surface area is 219 Å². The number of ether oxygens (including phenoxy) is 3. The summed E-state index contributed by atoms with van der Waals surface area (Å²) in [5, 5.41) is 14.8. The van der Waals surface area contributed by atoms with Crippen molar-refractivity contribution in [1.29, 1.82) is 5.26 Å². The number of benzene rings is 1. The number of nitriles is 1. The van der Waals surface area contributed by atoms with Crippen LogP contribution in [0.1, 0.15) is 92.7 Å². The molecule has 37 heavy (non-hydrogen) atoms. The molecule has 1 amide bonds. The average Bonchev–Trinajstić information content (AvgIpc) is 3.41. The van der Waals surface area contributed by atoms with Gasteiger partial charge in [0.1, 0.15) is 12.3 Å². The lowest BCUT2D eigenvalue weighted by Gasteiger charge is -2.40. The number of rotatable bonds is 6. The Morgan fingerprint density at radius 1 is 1.11 bits per heavy atom. The molecule has 0 N–H and O–H groups in total. The van der Waals surface area contributed by atoms with Gasteiger partial charge in [-0.2, -0.15) is 10.4 Å². The van der Waals surface area contributed by atoms with E-state index in [2.05, 4.69) is 36.4 Å². The number of carbonyl (C=O) groups excluding carboxylic acids is 1. The van der Waals surface area contributed by atoms with Gasteiger partial charge in [-0.25, -0.2) is 9.48 Å². The van der Waals surface area contributed by atoms with Gasteiger partial charge in [0.05, 0.1) is 37.1 Å². The van der Waals surface area contributed by atoms with Crippen molar-refractivity contribution in [3.63, 3.8) is 0 Å². The molecule has 3 fully saturated rings. The van der Waals surface area contributed by atoms with Crippen LogP contribution in [0.5, 0.6) is 0 Å². The van der Waals surface area contributed by atoms with E-state index in [0.717, 1.165) is 63.5 Å². The van der Waals surface area contributed by atoms with Crippen molar-refractivity contribution >= 4 is 6.09 Å². The van der Waals surface area contributed by atoms with Crippen LogP contribution in [-0.2, 0) is 14.2 Å². The summed E-state index contributed by atoms with van der Waals surface area (Å²) in [6.07, 6.45) is 10.4. The van der Waals surface area contributed by atoms with Crippen molar-refractivity contribution in [2.45, 2.75) is 88.0 Å². The highest BCUT2D eigenvalue weighted by Crippen LogP contribution is 2.37. The Morgan fingerprint density at radius 2 is 1.92 bits per heavy atom. The highest BCUT2D eigenvalue weighted by molar-refractivity contribution is 5.68. The molecular weight excluding hydrogens is 468 g/mol. The van der Waals surface area contributed by atoms with Gasteiger partial charge in [-0.15, -0.1) is 0 Å². The molecule has 3 aliphatic rings. The van der Waals surface area contributed by atoms with Crippen LogP contribution in [0.25, 0.3) is 0 Å². The molecule has 3 atom stereocenters. The summed E-state index contributed by atoms with van der Waals surface area (Å²) in [5.41, 5.74) is 2.71. The van der Waals surface area contributed by atoms with E-state index in [1.807, 2.05) is 10.9 Å². The Kier molecular flexibility index (Phi) is 8.42. The number of carbonyl (C=O) groups is 1. The second kappa shape index (κ2) is 12.1. The van der Waals surface area contributed by atoms with Crippen molar-refractivity contribution < 1.29 is 19.0 Å². The van der Waals surface area contributed by atoms with Crippen LogP contribution in [-0.4, -0.2) is 59.8 Å².